The lowest BCUT2D eigenvalue weighted by Gasteiger charge is -2.44. The minimum atomic E-state index is -2.81. The predicted octanol–water partition coefficient (Wildman–Crippen LogP) is 2.91. The number of carbonyl (C=O) groups is 1. The van der Waals surface area contributed by atoms with Crippen molar-refractivity contribution >= 4 is 5.91 Å². The van der Waals surface area contributed by atoms with E-state index in [1.54, 1.807) is 35.2 Å². The molecule has 4 rings (SSSR count). The van der Waals surface area contributed by atoms with E-state index in [4.69, 9.17) is 0 Å². The standard InChI is InChI=1S/C21H28F2N2O2/c22-20(23)9-7-17(13-20)21(27,16-5-2-1-3-6-16)18(26)25-12-4-8-19(15-25)10-11-24-14-19/h1-3,5-6,17,24,27H,4,7-15H2. The van der Waals surface area contributed by atoms with Crippen LogP contribution in [0, 0.1) is 11.3 Å². The molecule has 148 valence electrons. The van der Waals surface area contributed by atoms with Gasteiger partial charge in [0.2, 0.25) is 5.92 Å². The Morgan fingerprint density at radius 2 is 2.00 bits per heavy atom. The molecule has 2 aliphatic heterocycles. The minimum absolute atomic E-state index is 0.0606. The van der Waals surface area contributed by atoms with E-state index in [2.05, 4.69) is 5.32 Å². The molecule has 3 unspecified atom stereocenters. The maximum atomic E-state index is 13.9. The molecule has 2 heterocycles. The van der Waals surface area contributed by atoms with Gasteiger partial charge in [-0.1, -0.05) is 30.3 Å². The monoisotopic (exact) mass is 378 g/mol. The zero-order valence-electron chi connectivity index (χ0n) is 15.6. The molecule has 4 nitrogen and oxygen atoms in total. The van der Waals surface area contributed by atoms with Gasteiger partial charge in [0.15, 0.2) is 5.60 Å². The van der Waals surface area contributed by atoms with E-state index in [9.17, 15) is 18.7 Å². The second-order valence-electron chi connectivity index (χ2n) is 8.69. The summed E-state index contributed by atoms with van der Waals surface area (Å²) in [6.45, 7) is 3.00. The number of piperidine rings is 1. The fourth-order valence-electron chi connectivity index (χ4n) is 5.30. The van der Waals surface area contributed by atoms with E-state index < -0.39 is 29.8 Å². The zero-order chi connectivity index (χ0) is 19.1. The van der Waals surface area contributed by atoms with Crippen molar-refractivity contribution in [3.05, 3.63) is 35.9 Å². The third kappa shape index (κ3) is 3.38. The van der Waals surface area contributed by atoms with E-state index in [-0.39, 0.29) is 18.3 Å². The molecule has 2 N–H and O–H groups in total. The molecule has 0 radical (unpaired) electrons. The Hall–Kier alpha value is -1.53. The Morgan fingerprint density at radius 1 is 1.22 bits per heavy atom. The number of hydrogen-bond donors (Lipinski definition) is 2. The first-order chi connectivity index (χ1) is 12.8. The summed E-state index contributed by atoms with van der Waals surface area (Å²) in [6, 6.07) is 8.67. The van der Waals surface area contributed by atoms with Gasteiger partial charge in [0.1, 0.15) is 0 Å². The molecule has 3 aliphatic rings. The molecule has 3 fully saturated rings. The molecule has 1 aromatic rings. The van der Waals surface area contributed by atoms with Crippen LogP contribution in [0.4, 0.5) is 8.78 Å². The Bertz CT molecular complexity index is 691. The average Bonchev–Trinajstić information content (AvgIpc) is 3.27. The van der Waals surface area contributed by atoms with Crippen LogP contribution in [0.3, 0.4) is 0 Å². The first-order valence-electron chi connectivity index (χ1n) is 10.0. The number of halogens is 2. The summed E-state index contributed by atoms with van der Waals surface area (Å²) >= 11 is 0. The average molecular weight is 378 g/mol. The first kappa shape index (κ1) is 18.8. The van der Waals surface area contributed by atoms with E-state index in [0.29, 0.717) is 18.7 Å². The van der Waals surface area contributed by atoms with Crippen LogP contribution in [0.2, 0.25) is 0 Å². The van der Waals surface area contributed by atoms with Gasteiger partial charge >= 0.3 is 0 Å². The molecular formula is C21H28F2N2O2. The van der Waals surface area contributed by atoms with Crippen LogP contribution in [-0.2, 0) is 10.4 Å². The van der Waals surface area contributed by atoms with Crippen molar-refractivity contribution in [2.24, 2.45) is 11.3 Å². The Morgan fingerprint density at radius 3 is 2.63 bits per heavy atom. The van der Waals surface area contributed by atoms with Gasteiger partial charge in [0, 0.05) is 43.8 Å². The number of nitrogens with zero attached hydrogens (tertiary/aromatic N) is 1. The van der Waals surface area contributed by atoms with Crippen LogP contribution in [0.1, 0.15) is 44.1 Å². The zero-order valence-corrected chi connectivity index (χ0v) is 15.6. The summed E-state index contributed by atoms with van der Waals surface area (Å²) < 4.78 is 27.9. The molecule has 1 spiro atoms. The number of aliphatic hydroxyl groups is 1. The van der Waals surface area contributed by atoms with E-state index >= 15 is 0 Å². The van der Waals surface area contributed by atoms with Gasteiger partial charge in [0.25, 0.3) is 5.91 Å². The van der Waals surface area contributed by atoms with Crippen LogP contribution in [-0.4, -0.2) is 48.0 Å². The Kier molecular flexibility index (Phi) is 4.75. The van der Waals surface area contributed by atoms with Crippen molar-refractivity contribution in [3.8, 4) is 0 Å². The fraction of sp³-hybridized carbons (Fsp3) is 0.667. The highest BCUT2D eigenvalue weighted by molar-refractivity contribution is 5.87. The Labute approximate surface area is 158 Å². The van der Waals surface area contributed by atoms with E-state index in [1.807, 2.05) is 0 Å². The van der Waals surface area contributed by atoms with Crippen molar-refractivity contribution in [2.45, 2.75) is 50.0 Å². The van der Waals surface area contributed by atoms with Gasteiger partial charge in [-0.05, 0) is 37.8 Å². The number of likely N-dealkylation sites (tertiary alicyclic amines) is 1. The van der Waals surface area contributed by atoms with Crippen LogP contribution >= 0.6 is 0 Å². The number of benzene rings is 1. The Balaban J connectivity index is 1.65. The highest BCUT2D eigenvalue weighted by atomic mass is 19.3. The highest BCUT2D eigenvalue weighted by Gasteiger charge is 2.55. The van der Waals surface area contributed by atoms with E-state index in [1.165, 1.54) is 0 Å². The van der Waals surface area contributed by atoms with Crippen molar-refractivity contribution in [1.29, 1.82) is 0 Å². The van der Waals surface area contributed by atoms with Gasteiger partial charge in [-0.15, -0.1) is 0 Å². The lowest BCUT2D eigenvalue weighted by Crippen LogP contribution is -2.56. The number of carbonyl (C=O) groups excluding carboxylic acids is 1. The van der Waals surface area contributed by atoms with Crippen molar-refractivity contribution in [2.75, 3.05) is 26.2 Å². The van der Waals surface area contributed by atoms with Crippen LogP contribution in [0.15, 0.2) is 30.3 Å². The summed E-state index contributed by atoms with van der Waals surface area (Å²) in [6.07, 6.45) is 2.42. The molecule has 27 heavy (non-hydrogen) atoms. The molecular weight excluding hydrogens is 350 g/mol. The third-order valence-corrected chi connectivity index (χ3v) is 6.82. The molecule has 0 aromatic heterocycles. The molecule has 1 amide bonds. The molecule has 2 saturated heterocycles. The molecule has 1 saturated carbocycles. The van der Waals surface area contributed by atoms with E-state index in [0.717, 1.165) is 32.4 Å². The number of hydrogen-bond acceptors (Lipinski definition) is 3. The second kappa shape index (κ2) is 6.82. The number of nitrogens with one attached hydrogen (secondary N) is 1. The molecule has 6 heteroatoms. The van der Waals surface area contributed by atoms with Crippen molar-refractivity contribution < 1.29 is 18.7 Å². The van der Waals surface area contributed by atoms with Crippen molar-refractivity contribution in [3.63, 3.8) is 0 Å². The third-order valence-electron chi connectivity index (χ3n) is 6.82. The SMILES string of the molecule is O=C(N1CCCC2(CCNC2)C1)C(O)(c1ccccc1)C1CCC(F)(F)C1. The maximum Gasteiger partial charge on any atom is 0.259 e. The normalized spacial score (nSPS) is 32.6. The van der Waals surface area contributed by atoms with Crippen LogP contribution < -0.4 is 5.32 Å². The summed E-state index contributed by atoms with van der Waals surface area (Å²) in [5, 5.41) is 15.0. The molecule has 0 bridgehead atoms. The van der Waals surface area contributed by atoms with Crippen LogP contribution in [0.25, 0.3) is 0 Å². The minimum Gasteiger partial charge on any atom is -0.375 e. The summed E-state index contributed by atoms with van der Waals surface area (Å²) in [7, 11) is 0. The van der Waals surface area contributed by atoms with Crippen LogP contribution in [0.5, 0.6) is 0 Å². The summed E-state index contributed by atoms with van der Waals surface area (Å²) in [5.41, 5.74) is -1.39. The summed E-state index contributed by atoms with van der Waals surface area (Å²) in [4.78, 5) is 15.3. The van der Waals surface area contributed by atoms with Gasteiger partial charge in [-0.25, -0.2) is 8.78 Å². The predicted molar refractivity (Wildman–Crippen MR) is 98.4 cm³/mol. The number of rotatable bonds is 3. The fourth-order valence-corrected chi connectivity index (χ4v) is 5.30. The van der Waals surface area contributed by atoms with Crippen molar-refractivity contribution in [1.82, 2.24) is 10.2 Å². The largest absolute Gasteiger partial charge is 0.375 e. The molecule has 3 atom stereocenters. The smallest absolute Gasteiger partial charge is 0.259 e. The first-order valence-corrected chi connectivity index (χ1v) is 10.0. The van der Waals surface area contributed by atoms with Gasteiger partial charge in [-0.3, -0.25) is 4.79 Å². The highest BCUT2D eigenvalue weighted by Crippen LogP contribution is 2.49. The van der Waals surface area contributed by atoms with Gasteiger partial charge in [0.05, 0.1) is 0 Å². The molecule has 1 aromatic carbocycles. The summed E-state index contributed by atoms with van der Waals surface area (Å²) in [5.74, 6) is -3.98. The topological polar surface area (TPSA) is 52.6 Å². The molecule has 1 aliphatic carbocycles. The number of amides is 1. The lowest BCUT2D eigenvalue weighted by molar-refractivity contribution is -0.163. The van der Waals surface area contributed by atoms with Gasteiger partial charge < -0.3 is 15.3 Å². The lowest BCUT2D eigenvalue weighted by atomic mass is 9.75. The maximum absolute atomic E-state index is 13.9. The second-order valence-corrected chi connectivity index (χ2v) is 8.69. The van der Waals surface area contributed by atoms with Gasteiger partial charge in [-0.2, -0.15) is 0 Å². The quantitative estimate of drug-likeness (QED) is 0.850. The number of alkyl halides is 2.